The van der Waals surface area contributed by atoms with E-state index in [0.29, 0.717) is 38.6 Å². The number of rotatable bonds is 35. The van der Waals surface area contributed by atoms with Crippen molar-refractivity contribution in [2.75, 3.05) is 46.9 Å². The number of unbranched alkanes of at least 4 members (excludes halogenated alkanes) is 14. The number of esters is 1. The van der Waals surface area contributed by atoms with Gasteiger partial charge in [0.25, 0.3) is 0 Å². The van der Waals surface area contributed by atoms with Crippen LogP contribution in [0.25, 0.3) is 0 Å². The smallest absolute Gasteiger partial charge is 0.407 e. The van der Waals surface area contributed by atoms with Crippen LogP contribution in [0.3, 0.4) is 0 Å². The summed E-state index contributed by atoms with van der Waals surface area (Å²) < 4.78 is 16.6. The summed E-state index contributed by atoms with van der Waals surface area (Å²) in [5.74, 6) is 0.403. The molecule has 0 aliphatic carbocycles. The lowest BCUT2D eigenvalue weighted by Crippen LogP contribution is -2.28. The molecule has 0 aliphatic heterocycles. The molecule has 2 amide bonds. The topological polar surface area (TPSA) is 106 Å². The lowest BCUT2D eigenvalue weighted by atomic mass is 9.80. The van der Waals surface area contributed by atoms with Gasteiger partial charge in [-0.3, -0.25) is 4.79 Å². The first-order chi connectivity index (χ1) is 25.5. The number of ether oxygens (including phenoxy) is 3. The molecule has 0 aliphatic rings. The van der Waals surface area contributed by atoms with E-state index in [0.717, 1.165) is 90.0 Å². The molecule has 0 radical (unpaired) electrons. The van der Waals surface area contributed by atoms with Crippen molar-refractivity contribution in [1.82, 2.24) is 15.5 Å². The second kappa shape index (κ2) is 35.2. The monoisotopic (exact) mass is 750 g/mol. The summed E-state index contributed by atoms with van der Waals surface area (Å²) in [7, 11) is 4.18. The van der Waals surface area contributed by atoms with Crippen LogP contribution in [-0.2, 0) is 19.0 Å². The van der Waals surface area contributed by atoms with E-state index >= 15 is 0 Å². The number of hydrogen-bond donors (Lipinski definition) is 2. The summed E-state index contributed by atoms with van der Waals surface area (Å²) >= 11 is 0. The van der Waals surface area contributed by atoms with Gasteiger partial charge in [-0.25, -0.2) is 9.59 Å². The first-order valence-corrected chi connectivity index (χ1v) is 21.4. The van der Waals surface area contributed by atoms with E-state index in [9.17, 15) is 14.4 Å². The van der Waals surface area contributed by atoms with Gasteiger partial charge in [-0.15, -0.1) is 0 Å². The number of nitrogens with one attached hydrogen (secondary N) is 2. The molecule has 9 heteroatoms. The molecule has 0 heterocycles. The number of nitrogens with zero attached hydrogens (tertiary/aromatic N) is 1. The van der Waals surface area contributed by atoms with E-state index in [2.05, 4.69) is 76.4 Å². The van der Waals surface area contributed by atoms with Crippen LogP contribution in [-0.4, -0.2) is 76.1 Å². The SMILES string of the molecule is CCCCCC/C=C\COC(=O)NCCCCCCC(CCCCCCNC(=O)OC/C=C\CCCCCC)OC(=O)CC(C)(C)CC(C)CN(C)C. The van der Waals surface area contributed by atoms with Crippen molar-refractivity contribution in [2.24, 2.45) is 11.3 Å². The number of allylic oxidation sites excluding steroid dienone is 2. The number of carbonyl (C=O) groups is 3. The van der Waals surface area contributed by atoms with Gasteiger partial charge in [0, 0.05) is 19.6 Å². The largest absolute Gasteiger partial charge is 0.462 e. The van der Waals surface area contributed by atoms with Crippen molar-refractivity contribution >= 4 is 18.2 Å². The zero-order chi connectivity index (χ0) is 39.4. The van der Waals surface area contributed by atoms with Crippen LogP contribution in [0, 0.1) is 11.3 Å². The van der Waals surface area contributed by atoms with Crippen LogP contribution in [0.2, 0.25) is 0 Å². The molecule has 0 aromatic carbocycles. The third kappa shape index (κ3) is 36.2. The summed E-state index contributed by atoms with van der Waals surface area (Å²) in [6, 6.07) is 0. The van der Waals surface area contributed by atoms with Crippen LogP contribution in [0.15, 0.2) is 24.3 Å². The van der Waals surface area contributed by atoms with Crippen LogP contribution in [0.4, 0.5) is 9.59 Å². The fraction of sp³-hybridized carbons (Fsp3) is 0.841. The molecule has 1 atom stereocenters. The molecule has 53 heavy (non-hydrogen) atoms. The van der Waals surface area contributed by atoms with E-state index in [1.807, 2.05) is 12.2 Å². The fourth-order valence-corrected chi connectivity index (χ4v) is 6.77. The van der Waals surface area contributed by atoms with Gasteiger partial charge in [0.1, 0.15) is 19.3 Å². The average molecular weight is 750 g/mol. The molecule has 1 unspecified atom stereocenters. The molecule has 0 bridgehead atoms. The first kappa shape index (κ1) is 50.5. The van der Waals surface area contributed by atoms with E-state index in [1.54, 1.807) is 0 Å². The predicted molar refractivity (Wildman–Crippen MR) is 221 cm³/mol. The molecule has 0 rings (SSSR count). The Morgan fingerprint density at radius 3 is 1.55 bits per heavy atom. The third-order valence-electron chi connectivity index (χ3n) is 9.35. The summed E-state index contributed by atoms with van der Waals surface area (Å²) in [5, 5.41) is 5.70. The minimum absolute atomic E-state index is 0.0851. The Balaban J connectivity index is 4.48. The van der Waals surface area contributed by atoms with Gasteiger partial charge < -0.3 is 29.7 Å². The van der Waals surface area contributed by atoms with Crippen LogP contribution in [0.5, 0.6) is 0 Å². The predicted octanol–water partition coefficient (Wildman–Crippen LogP) is 11.3. The van der Waals surface area contributed by atoms with E-state index in [4.69, 9.17) is 14.2 Å². The maximum Gasteiger partial charge on any atom is 0.407 e. The molecule has 0 saturated carbocycles. The van der Waals surface area contributed by atoms with Crippen molar-refractivity contribution in [3.63, 3.8) is 0 Å². The van der Waals surface area contributed by atoms with E-state index < -0.39 is 0 Å². The Morgan fingerprint density at radius 2 is 1.09 bits per heavy atom. The molecule has 310 valence electrons. The second-order valence-corrected chi connectivity index (χ2v) is 16.1. The quantitative estimate of drug-likeness (QED) is 0.0287. The second-order valence-electron chi connectivity index (χ2n) is 16.1. The van der Waals surface area contributed by atoms with Crippen molar-refractivity contribution in [3.8, 4) is 0 Å². The maximum absolute atomic E-state index is 13.1. The summed E-state index contributed by atoms with van der Waals surface area (Å²) in [6.07, 6.45) is 30.1. The van der Waals surface area contributed by atoms with Gasteiger partial charge in [0.05, 0.1) is 6.42 Å². The van der Waals surface area contributed by atoms with Gasteiger partial charge in [-0.1, -0.05) is 123 Å². The summed E-state index contributed by atoms with van der Waals surface area (Å²) in [6.45, 7) is 13.8. The number of alkyl carbamates (subject to hydrolysis) is 2. The normalized spacial score (nSPS) is 12.5. The minimum Gasteiger partial charge on any atom is -0.462 e. The fourth-order valence-electron chi connectivity index (χ4n) is 6.77. The third-order valence-corrected chi connectivity index (χ3v) is 9.35. The molecule has 0 fully saturated rings. The summed E-state index contributed by atoms with van der Waals surface area (Å²) in [5.41, 5.74) is -0.117. The highest BCUT2D eigenvalue weighted by atomic mass is 16.6. The molecule has 9 nitrogen and oxygen atoms in total. The molecule has 0 spiro atoms. The van der Waals surface area contributed by atoms with Gasteiger partial charge in [0.15, 0.2) is 0 Å². The average Bonchev–Trinajstić information content (AvgIpc) is 3.08. The van der Waals surface area contributed by atoms with Crippen molar-refractivity contribution < 1.29 is 28.6 Å². The highest BCUT2D eigenvalue weighted by Crippen LogP contribution is 2.30. The number of amides is 2. The van der Waals surface area contributed by atoms with Crippen molar-refractivity contribution in [3.05, 3.63) is 24.3 Å². The van der Waals surface area contributed by atoms with E-state index in [1.165, 1.54) is 51.4 Å². The molecule has 0 aromatic heterocycles. The zero-order valence-corrected chi connectivity index (χ0v) is 35.5. The molecular weight excluding hydrogens is 666 g/mol. The summed E-state index contributed by atoms with van der Waals surface area (Å²) in [4.78, 5) is 39.3. The molecule has 0 saturated heterocycles. The minimum atomic E-state index is -0.362. The lowest BCUT2D eigenvalue weighted by Gasteiger charge is -2.29. The Hall–Kier alpha value is -2.55. The number of hydrogen-bond acceptors (Lipinski definition) is 7. The standard InChI is InChI=1S/C44H83N3O6/c1-8-10-12-14-16-22-28-34-51-42(49)45-32-26-20-18-24-30-40(53-41(48)37-44(4,5)36-39(3)38-47(6)7)31-25-19-21-27-33-46-43(50)52-35-29-23-17-15-13-11-9-2/h22-23,28-29,39-40H,8-21,24-27,30-38H2,1-7H3,(H,45,49)(H,46,50)/b28-22-,29-23-. The van der Waals surface area contributed by atoms with Crippen molar-refractivity contribution in [2.45, 2.75) is 182 Å². The van der Waals surface area contributed by atoms with E-state index in [-0.39, 0.29) is 29.7 Å². The molecule has 2 N–H and O–H groups in total. The van der Waals surface area contributed by atoms with Gasteiger partial charge in [0.2, 0.25) is 0 Å². The van der Waals surface area contributed by atoms with Crippen molar-refractivity contribution in [1.29, 1.82) is 0 Å². The Morgan fingerprint density at radius 1 is 0.642 bits per heavy atom. The Kier molecular flexibility index (Phi) is 33.5. The first-order valence-electron chi connectivity index (χ1n) is 21.4. The van der Waals surface area contributed by atoms with Crippen LogP contribution in [0.1, 0.15) is 176 Å². The van der Waals surface area contributed by atoms with Gasteiger partial charge >= 0.3 is 18.2 Å². The van der Waals surface area contributed by atoms with Crippen LogP contribution < -0.4 is 10.6 Å². The van der Waals surface area contributed by atoms with Gasteiger partial charge in [-0.05, 0) is 96.1 Å². The van der Waals surface area contributed by atoms with Gasteiger partial charge in [-0.2, -0.15) is 0 Å². The Labute approximate surface area is 326 Å². The zero-order valence-electron chi connectivity index (χ0n) is 35.5. The molecular formula is C44H83N3O6. The Bertz CT molecular complexity index is 899. The van der Waals surface area contributed by atoms with Crippen LogP contribution >= 0.6 is 0 Å². The molecule has 0 aromatic rings. The maximum atomic E-state index is 13.1. The highest BCUT2D eigenvalue weighted by molar-refractivity contribution is 5.70. The number of carbonyl (C=O) groups excluding carboxylic acids is 3. The lowest BCUT2D eigenvalue weighted by molar-refractivity contribution is -0.152. The highest BCUT2D eigenvalue weighted by Gasteiger charge is 2.27.